The number of hydrogen-bond donors (Lipinski definition) is 0. The highest BCUT2D eigenvalue weighted by Gasteiger charge is 2.07. The fourth-order valence-corrected chi connectivity index (χ4v) is 2.71. The van der Waals surface area contributed by atoms with Crippen LogP contribution in [0.4, 0.5) is 4.39 Å². The summed E-state index contributed by atoms with van der Waals surface area (Å²) in [7, 11) is 0. The number of aryl methyl sites for hydroxylation is 1. The van der Waals surface area contributed by atoms with Crippen LogP contribution in [-0.4, -0.2) is 5.56 Å². The molecule has 0 aliphatic rings. The van der Waals surface area contributed by atoms with Crippen LogP contribution in [0.3, 0.4) is 0 Å². The van der Waals surface area contributed by atoms with Gasteiger partial charge in [0, 0.05) is 6.42 Å². The molecule has 0 N–H and O–H groups in total. The Bertz CT molecular complexity index is 754. The summed E-state index contributed by atoms with van der Waals surface area (Å²) < 4.78 is 18.6. The van der Waals surface area contributed by atoms with Gasteiger partial charge in [0.15, 0.2) is 5.56 Å². The third-order valence-corrected chi connectivity index (χ3v) is 4.11. The Labute approximate surface area is 146 Å². The molecule has 0 spiro atoms. The lowest BCUT2D eigenvalue weighted by molar-refractivity contribution is 0.270. The highest BCUT2D eigenvalue weighted by Crippen LogP contribution is 2.24. The molecule has 0 fully saturated rings. The molecule has 0 saturated heterocycles. The fourth-order valence-electron chi connectivity index (χ4n) is 2.49. The first-order valence-electron chi connectivity index (χ1n) is 7.91. The van der Waals surface area contributed by atoms with Gasteiger partial charge >= 0.3 is 0 Å². The third kappa shape index (κ3) is 4.59. The van der Waals surface area contributed by atoms with E-state index in [9.17, 15) is 4.39 Å². The molecule has 0 radical (unpaired) electrons. The van der Waals surface area contributed by atoms with Crippen LogP contribution in [0.25, 0.3) is 11.1 Å². The van der Waals surface area contributed by atoms with Gasteiger partial charge in [-0.3, -0.25) is 0 Å². The Morgan fingerprint density at radius 2 is 1.42 bits per heavy atom. The number of ether oxygens (including phenoxy) is 1. The van der Waals surface area contributed by atoms with E-state index in [1.54, 1.807) is 12.1 Å². The van der Waals surface area contributed by atoms with Crippen molar-refractivity contribution in [3.63, 3.8) is 0 Å². The van der Waals surface area contributed by atoms with Crippen LogP contribution in [-0.2, 0) is 6.42 Å². The number of hydrogen-bond acceptors (Lipinski definition) is 1. The van der Waals surface area contributed by atoms with Crippen molar-refractivity contribution in [2.24, 2.45) is 0 Å². The first-order valence-corrected chi connectivity index (χ1v) is 8.35. The molecule has 0 saturated carbocycles. The minimum Gasteiger partial charge on any atom is -0.475 e. The van der Waals surface area contributed by atoms with Crippen LogP contribution < -0.4 is 4.74 Å². The molecule has 24 heavy (non-hydrogen) atoms. The zero-order chi connectivity index (χ0) is 16.8. The smallest absolute Gasteiger partial charge is 0.172 e. The quantitative estimate of drug-likeness (QED) is 0.495. The Hall–Kier alpha value is -2.32. The Balaban J connectivity index is 1.54. The van der Waals surface area contributed by atoms with Gasteiger partial charge in [-0.15, -0.1) is 0 Å². The Kier molecular flexibility index (Phi) is 5.50. The van der Waals surface area contributed by atoms with Gasteiger partial charge in [-0.25, -0.2) is 4.39 Å². The van der Waals surface area contributed by atoms with Crippen molar-refractivity contribution in [2.45, 2.75) is 18.4 Å². The van der Waals surface area contributed by atoms with Gasteiger partial charge in [0.05, 0.1) is 0 Å². The van der Waals surface area contributed by atoms with E-state index in [0.717, 1.165) is 23.3 Å². The van der Waals surface area contributed by atoms with Crippen LogP contribution in [0.1, 0.15) is 12.0 Å². The second kappa shape index (κ2) is 7.98. The van der Waals surface area contributed by atoms with E-state index in [0.29, 0.717) is 6.42 Å². The molecule has 0 aliphatic heterocycles. The Morgan fingerprint density at radius 1 is 0.792 bits per heavy atom. The SMILES string of the molecule is Fc1ccc(CCC(Cl)Oc2ccc(-c3ccccc3)cc2)cc1. The summed E-state index contributed by atoms with van der Waals surface area (Å²) in [6.45, 7) is 0. The van der Waals surface area contributed by atoms with Crippen molar-refractivity contribution in [3.05, 3.63) is 90.2 Å². The van der Waals surface area contributed by atoms with Crippen LogP contribution in [0.15, 0.2) is 78.9 Å². The topological polar surface area (TPSA) is 9.23 Å². The zero-order valence-electron chi connectivity index (χ0n) is 13.2. The van der Waals surface area contributed by atoms with Gasteiger partial charge in [0.25, 0.3) is 0 Å². The van der Waals surface area contributed by atoms with E-state index >= 15 is 0 Å². The first kappa shape index (κ1) is 16.5. The number of halogens is 2. The Morgan fingerprint density at radius 3 is 2.08 bits per heavy atom. The van der Waals surface area contributed by atoms with E-state index in [1.165, 1.54) is 17.7 Å². The maximum atomic E-state index is 12.9. The van der Waals surface area contributed by atoms with Gasteiger partial charge in [-0.05, 0) is 47.4 Å². The van der Waals surface area contributed by atoms with Crippen molar-refractivity contribution in [1.29, 1.82) is 0 Å². The molecule has 0 amide bonds. The molecular formula is C21H18ClFO. The molecule has 3 rings (SSSR count). The molecule has 0 heterocycles. The number of benzene rings is 3. The predicted molar refractivity (Wildman–Crippen MR) is 96.9 cm³/mol. The molecular weight excluding hydrogens is 323 g/mol. The summed E-state index contributed by atoms with van der Waals surface area (Å²) in [4.78, 5) is 0. The van der Waals surface area contributed by atoms with Crippen LogP contribution in [0.5, 0.6) is 5.75 Å². The maximum Gasteiger partial charge on any atom is 0.172 e. The van der Waals surface area contributed by atoms with Gasteiger partial charge in [0.2, 0.25) is 0 Å². The van der Waals surface area contributed by atoms with Crippen molar-refractivity contribution in [2.75, 3.05) is 0 Å². The van der Waals surface area contributed by atoms with E-state index in [1.807, 2.05) is 42.5 Å². The van der Waals surface area contributed by atoms with E-state index in [-0.39, 0.29) is 5.82 Å². The normalized spacial score (nSPS) is 11.9. The summed E-state index contributed by atoms with van der Waals surface area (Å²) in [6, 6.07) is 24.5. The van der Waals surface area contributed by atoms with Gasteiger partial charge in [-0.2, -0.15) is 0 Å². The molecule has 3 aromatic rings. The summed E-state index contributed by atoms with van der Waals surface area (Å²) in [5, 5.41) is 0. The lowest BCUT2D eigenvalue weighted by Gasteiger charge is -2.13. The average molecular weight is 341 g/mol. The first-order chi connectivity index (χ1) is 11.7. The van der Waals surface area contributed by atoms with Crippen LogP contribution in [0, 0.1) is 5.82 Å². The monoisotopic (exact) mass is 340 g/mol. The highest BCUT2D eigenvalue weighted by atomic mass is 35.5. The average Bonchev–Trinajstić information content (AvgIpc) is 2.63. The van der Waals surface area contributed by atoms with Crippen molar-refractivity contribution in [1.82, 2.24) is 0 Å². The lowest BCUT2D eigenvalue weighted by atomic mass is 10.1. The van der Waals surface area contributed by atoms with Gasteiger partial charge in [-0.1, -0.05) is 66.2 Å². The summed E-state index contributed by atoms with van der Waals surface area (Å²) in [5.74, 6) is 0.518. The fraction of sp³-hybridized carbons (Fsp3) is 0.143. The second-order valence-corrected chi connectivity index (χ2v) is 6.07. The molecule has 0 bridgehead atoms. The standard InChI is InChI=1S/C21H18ClFO/c22-21(15-8-16-6-11-19(23)12-7-16)24-20-13-9-18(10-14-20)17-4-2-1-3-5-17/h1-7,9-14,21H,8,15H2. The van der Waals surface area contributed by atoms with E-state index in [2.05, 4.69) is 12.1 Å². The largest absolute Gasteiger partial charge is 0.475 e. The zero-order valence-corrected chi connectivity index (χ0v) is 13.9. The van der Waals surface area contributed by atoms with Crippen LogP contribution >= 0.6 is 11.6 Å². The van der Waals surface area contributed by atoms with Crippen molar-refractivity contribution in [3.8, 4) is 16.9 Å². The van der Waals surface area contributed by atoms with Crippen molar-refractivity contribution < 1.29 is 9.13 Å². The molecule has 0 aromatic heterocycles. The lowest BCUT2D eigenvalue weighted by Crippen LogP contribution is -2.09. The predicted octanol–water partition coefficient (Wildman–Crippen LogP) is 6.07. The molecule has 122 valence electrons. The van der Waals surface area contributed by atoms with Gasteiger partial charge < -0.3 is 4.74 Å². The number of rotatable bonds is 6. The van der Waals surface area contributed by atoms with E-state index in [4.69, 9.17) is 16.3 Å². The summed E-state index contributed by atoms with van der Waals surface area (Å²) in [6.07, 6.45) is 1.41. The van der Waals surface area contributed by atoms with E-state index < -0.39 is 5.56 Å². The maximum absolute atomic E-state index is 12.9. The second-order valence-electron chi connectivity index (χ2n) is 5.58. The van der Waals surface area contributed by atoms with Crippen LogP contribution in [0.2, 0.25) is 0 Å². The molecule has 1 nitrogen and oxygen atoms in total. The molecule has 1 atom stereocenters. The molecule has 1 unspecified atom stereocenters. The van der Waals surface area contributed by atoms with Crippen molar-refractivity contribution >= 4 is 11.6 Å². The summed E-state index contributed by atoms with van der Waals surface area (Å²) in [5.41, 5.74) is 2.94. The molecule has 0 aliphatic carbocycles. The minimum atomic E-state index is -0.419. The molecule has 3 heteroatoms. The highest BCUT2D eigenvalue weighted by molar-refractivity contribution is 6.19. The third-order valence-electron chi connectivity index (χ3n) is 3.80. The van der Waals surface area contributed by atoms with Gasteiger partial charge in [0.1, 0.15) is 11.6 Å². The number of alkyl halides is 1. The molecule has 3 aromatic carbocycles. The summed E-state index contributed by atoms with van der Waals surface area (Å²) >= 11 is 6.26. The minimum absolute atomic E-state index is 0.226.